The topological polar surface area (TPSA) is 8.17 Å². The molecule has 1 aromatic heterocycles. The number of fused-ring (bicyclic) bond motifs is 7. The number of nitrogens with zero attached hydrogens (tertiary/aromatic N) is 2. The third-order valence-corrected chi connectivity index (χ3v) is 10.1. The number of anilines is 3. The summed E-state index contributed by atoms with van der Waals surface area (Å²) in [5.74, 6) is 0. The molecule has 0 spiro atoms. The van der Waals surface area contributed by atoms with E-state index in [0.717, 1.165) is 22.7 Å². The van der Waals surface area contributed by atoms with Crippen LogP contribution in [0.2, 0.25) is 0 Å². The molecule has 10 rings (SSSR count). The molecule has 10 aromatic rings. The van der Waals surface area contributed by atoms with E-state index in [4.69, 9.17) is 0 Å². The average Bonchev–Trinajstić information content (AvgIpc) is 3.51. The Morgan fingerprint density at radius 3 is 1.76 bits per heavy atom. The number of aromatic nitrogens is 1. The fourth-order valence-corrected chi connectivity index (χ4v) is 7.77. The van der Waals surface area contributed by atoms with Crippen molar-refractivity contribution in [2.24, 2.45) is 0 Å². The molecule has 0 N–H and O–H groups in total. The molecule has 234 valence electrons. The second-order valence-electron chi connectivity index (χ2n) is 13.0. The molecule has 0 bridgehead atoms. The lowest BCUT2D eigenvalue weighted by atomic mass is 9.99. The van der Waals surface area contributed by atoms with Crippen molar-refractivity contribution in [2.45, 2.75) is 0 Å². The third kappa shape index (κ3) is 4.57. The van der Waals surface area contributed by atoms with Crippen molar-refractivity contribution in [2.75, 3.05) is 4.90 Å². The lowest BCUT2D eigenvalue weighted by Gasteiger charge is -2.28. The summed E-state index contributed by atoms with van der Waals surface area (Å²) in [6, 6.07) is 70.5. The van der Waals surface area contributed by atoms with E-state index in [2.05, 4.69) is 204 Å². The molecule has 0 saturated heterocycles. The van der Waals surface area contributed by atoms with E-state index in [0.29, 0.717) is 0 Å². The lowest BCUT2D eigenvalue weighted by molar-refractivity contribution is 1.17. The molecule has 1 heterocycles. The van der Waals surface area contributed by atoms with Crippen LogP contribution >= 0.6 is 0 Å². The molecular weight excluding hydrogens is 605 g/mol. The molecule has 0 aliphatic heterocycles. The maximum absolute atomic E-state index is 2.41. The van der Waals surface area contributed by atoms with Gasteiger partial charge in [0.25, 0.3) is 0 Å². The zero-order valence-electron chi connectivity index (χ0n) is 27.4. The second kappa shape index (κ2) is 11.5. The zero-order valence-corrected chi connectivity index (χ0v) is 27.4. The van der Waals surface area contributed by atoms with Crippen LogP contribution in [0.4, 0.5) is 17.1 Å². The van der Waals surface area contributed by atoms with E-state index in [1.165, 1.54) is 65.3 Å². The van der Waals surface area contributed by atoms with Crippen LogP contribution < -0.4 is 4.90 Å². The van der Waals surface area contributed by atoms with E-state index >= 15 is 0 Å². The molecule has 0 saturated carbocycles. The SMILES string of the molecule is c1ccc(-c2ccccc2N(c2ccc(-n3c4ccccc4c4cc5ccccc5cc43)cc2)c2ccc3ccc4ccccc4c3c2)cc1. The summed E-state index contributed by atoms with van der Waals surface area (Å²) in [5, 5.41) is 10.0. The molecule has 0 aliphatic rings. The Balaban J connectivity index is 1.18. The summed E-state index contributed by atoms with van der Waals surface area (Å²) < 4.78 is 2.41. The maximum Gasteiger partial charge on any atom is 0.0547 e. The van der Waals surface area contributed by atoms with Crippen molar-refractivity contribution in [1.82, 2.24) is 4.57 Å². The van der Waals surface area contributed by atoms with Crippen LogP contribution in [0.25, 0.3) is 70.9 Å². The predicted molar refractivity (Wildman–Crippen MR) is 213 cm³/mol. The first-order valence-corrected chi connectivity index (χ1v) is 17.2. The van der Waals surface area contributed by atoms with Gasteiger partial charge in [0.2, 0.25) is 0 Å². The summed E-state index contributed by atoms with van der Waals surface area (Å²) in [6.45, 7) is 0. The van der Waals surface area contributed by atoms with Gasteiger partial charge in [0, 0.05) is 33.4 Å². The van der Waals surface area contributed by atoms with Gasteiger partial charge >= 0.3 is 0 Å². The second-order valence-corrected chi connectivity index (χ2v) is 13.0. The highest BCUT2D eigenvalue weighted by atomic mass is 15.1. The highest BCUT2D eigenvalue weighted by Gasteiger charge is 2.19. The molecule has 9 aromatic carbocycles. The van der Waals surface area contributed by atoms with Crippen LogP contribution in [0.5, 0.6) is 0 Å². The fraction of sp³-hybridized carbons (Fsp3) is 0. The molecular formula is C48H32N2. The highest BCUT2D eigenvalue weighted by molar-refractivity contribution is 6.14. The molecule has 0 amide bonds. The molecule has 0 aliphatic carbocycles. The van der Waals surface area contributed by atoms with Crippen LogP contribution in [-0.2, 0) is 0 Å². The first-order valence-electron chi connectivity index (χ1n) is 17.2. The Morgan fingerprint density at radius 2 is 0.940 bits per heavy atom. The molecule has 0 atom stereocenters. The highest BCUT2D eigenvalue weighted by Crippen LogP contribution is 2.43. The Bertz CT molecular complexity index is 2860. The fourth-order valence-electron chi connectivity index (χ4n) is 7.77. The summed E-state index contributed by atoms with van der Waals surface area (Å²) >= 11 is 0. The average molecular weight is 637 g/mol. The van der Waals surface area contributed by atoms with Crippen molar-refractivity contribution in [3.63, 3.8) is 0 Å². The predicted octanol–water partition coefficient (Wildman–Crippen LogP) is 13.4. The van der Waals surface area contributed by atoms with Gasteiger partial charge in [0.05, 0.1) is 16.7 Å². The number of para-hydroxylation sites is 2. The van der Waals surface area contributed by atoms with E-state index in [9.17, 15) is 0 Å². The van der Waals surface area contributed by atoms with Crippen LogP contribution in [-0.4, -0.2) is 4.57 Å². The van der Waals surface area contributed by atoms with Gasteiger partial charge in [-0.1, -0.05) is 133 Å². The monoisotopic (exact) mass is 636 g/mol. The Hall–Kier alpha value is -6.64. The number of hydrogen-bond acceptors (Lipinski definition) is 1. The normalized spacial score (nSPS) is 11.6. The molecule has 0 unspecified atom stereocenters. The lowest BCUT2D eigenvalue weighted by Crippen LogP contribution is -2.11. The smallest absolute Gasteiger partial charge is 0.0547 e. The van der Waals surface area contributed by atoms with Crippen molar-refractivity contribution in [1.29, 1.82) is 0 Å². The maximum atomic E-state index is 2.41. The largest absolute Gasteiger partial charge is 0.310 e. The molecule has 0 fully saturated rings. The van der Waals surface area contributed by atoms with E-state index in [1.54, 1.807) is 0 Å². The standard InChI is InChI=1S/C48H32N2/c1-2-12-33(13-3-1)42-18-8-10-20-46(42)49(40-25-24-35-23-22-34-14-6-7-17-41(34)44(35)32-40)38-26-28-39(29-27-38)50-47-21-11-9-19-43(47)45-30-36-15-4-5-16-37(36)31-48(45)50/h1-32H. The minimum Gasteiger partial charge on any atom is -0.310 e. The molecule has 2 nitrogen and oxygen atoms in total. The van der Waals surface area contributed by atoms with Gasteiger partial charge in [-0.3, -0.25) is 0 Å². The quantitative estimate of drug-likeness (QED) is 0.171. The molecule has 0 radical (unpaired) electrons. The Labute approximate surface area is 290 Å². The summed E-state index contributed by atoms with van der Waals surface area (Å²) in [7, 11) is 0. The van der Waals surface area contributed by atoms with Gasteiger partial charge in [-0.05, 0) is 98.5 Å². The number of hydrogen-bond donors (Lipinski definition) is 0. The number of rotatable bonds is 5. The van der Waals surface area contributed by atoms with Gasteiger partial charge in [-0.15, -0.1) is 0 Å². The van der Waals surface area contributed by atoms with Gasteiger partial charge in [0.1, 0.15) is 0 Å². The first kappa shape index (κ1) is 28.4. The van der Waals surface area contributed by atoms with Gasteiger partial charge in [0.15, 0.2) is 0 Å². The third-order valence-electron chi connectivity index (χ3n) is 10.1. The number of benzene rings is 9. The van der Waals surface area contributed by atoms with Crippen molar-refractivity contribution in [3.05, 3.63) is 194 Å². The summed E-state index contributed by atoms with van der Waals surface area (Å²) in [5.41, 5.74) is 9.28. The Morgan fingerprint density at radius 1 is 0.340 bits per heavy atom. The van der Waals surface area contributed by atoms with E-state index in [-0.39, 0.29) is 0 Å². The zero-order chi connectivity index (χ0) is 33.0. The van der Waals surface area contributed by atoms with Crippen molar-refractivity contribution in [3.8, 4) is 16.8 Å². The van der Waals surface area contributed by atoms with Gasteiger partial charge in [-0.25, -0.2) is 0 Å². The van der Waals surface area contributed by atoms with Crippen LogP contribution in [0.1, 0.15) is 0 Å². The van der Waals surface area contributed by atoms with Crippen molar-refractivity contribution >= 4 is 71.2 Å². The first-order chi connectivity index (χ1) is 24.8. The summed E-state index contributed by atoms with van der Waals surface area (Å²) in [6.07, 6.45) is 0. The van der Waals surface area contributed by atoms with Crippen LogP contribution in [0, 0.1) is 0 Å². The van der Waals surface area contributed by atoms with Crippen LogP contribution in [0.3, 0.4) is 0 Å². The van der Waals surface area contributed by atoms with Crippen LogP contribution in [0.15, 0.2) is 194 Å². The van der Waals surface area contributed by atoms with Gasteiger partial charge < -0.3 is 9.47 Å². The Kier molecular flexibility index (Phi) is 6.53. The van der Waals surface area contributed by atoms with Gasteiger partial charge in [-0.2, -0.15) is 0 Å². The summed E-state index contributed by atoms with van der Waals surface area (Å²) in [4.78, 5) is 2.41. The molecule has 2 heteroatoms. The minimum atomic E-state index is 1.10. The molecule has 50 heavy (non-hydrogen) atoms. The van der Waals surface area contributed by atoms with E-state index in [1.807, 2.05) is 0 Å². The minimum absolute atomic E-state index is 1.10. The van der Waals surface area contributed by atoms with E-state index < -0.39 is 0 Å². The van der Waals surface area contributed by atoms with Crippen molar-refractivity contribution < 1.29 is 0 Å².